The van der Waals surface area contributed by atoms with Crippen molar-refractivity contribution in [3.05, 3.63) is 52.6 Å². The first-order valence-corrected chi connectivity index (χ1v) is 11.5. The molecule has 0 unspecified atom stereocenters. The Morgan fingerprint density at radius 1 is 1.29 bits per heavy atom. The van der Waals surface area contributed by atoms with Crippen LogP contribution in [-0.4, -0.2) is 42.1 Å². The van der Waals surface area contributed by atoms with E-state index >= 15 is 0 Å². The molecular weight excluding hydrogens is 471 g/mol. The highest BCUT2D eigenvalue weighted by molar-refractivity contribution is 7.16. The maximum Gasteiger partial charge on any atom is 0.416 e. The number of ether oxygens (including phenoxy) is 3. The molecule has 7 nitrogen and oxygen atoms in total. The summed E-state index contributed by atoms with van der Waals surface area (Å²) in [6.07, 6.45) is 0.0678. The van der Waals surface area contributed by atoms with Crippen LogP contribution in [-0.2, 0) is 22.2 Å². The van der Waals surface area contributed by atoms with Crippen LogP contribution in [0.2, 0.25) is 0 Å². The fourth-order valence-electron chi connectivity index (χ4n) is 3.12. The highest BCUT2D eigenvalue weighted by Crippen LogP contribution is 2.33. The van der Waals surface area contributed by atoms with E-state index in [9.17, 15) is 18.0 Å². The SMILES string of the molecule is CCCCn1/c(=N/C(=O)c2cc(C(F)(F)F)ccc2OC[C@@H](C)OCOC)sc2ccncc21. The lowest BCUT2D eigenvalue weighted by Crippen LogP contribution is -2.21. The number of unbranched alkanes of at least 4 members (excludes halogenated alkanes) is 1. The number of benzene rings is 1. The molecule has 1 atom stereocenters. The molecule has 0 radical (unpaired) electrons. The van der Waals surface area contributed by atoms with E-state index in [-0.39, 0.29) is 24.7 Å². The van der Waals surface area contributed by atoms with Crippen LogP contribution in [0.3, 0.4) is 0 Å². The maximum absolute atomic E-state index is 13.4. The van der Waals surface area contributed by atoms with Gasteiger partial charge in [0.2, 0.25) is 0 Å². The number of halogens is 3. The number of hydrogen-bond donors (Lipinski definition) is 0. The fraction of sp³-hybridized carbons (Fsp3) is 0.435. The summed E-state index contributed by atoms with van der Waals surface area (Å²) in [6, 6.07) is 4.59. The van der Waals surface area contributed by atoms with Gasteiger partial charge < -0.3 is 18.8 Å². The molecule has 0 aliphatic rings. The Kier molecular flexibility index (Phi) is 8.81. The topological polar surface area (TPSA) is 74.9 Å². The molecule has 0 bridgehead atoms. The first kappa shape index (κ1) is 25.9. The number of rotatable bonds is 10. The quantitative estimate of drug-likeness (QED) is 0.367. The number of carbonyl (C=O) groups excluding carboxylic acids is 1. The van der Waals surface area contributed by atoms with Gasteiger partial charge in [-0.2, -0.15) is 18.2 Å². The van der Waals surface area contributed by atoms with E-state index in [4.69, 9.17) is 14.2 Å². The number of pyridine rings is 1. The summed E-state index contributed by atoms with van der Waals surface area (Å²) in [5.74, 6) is -0.825. The minimum absolute atomic E-state index is 0.00231. The molecule has 0 saturated carbocycles. The average molecular weight is 498 g/mol. The van der Waals surface area contributed by atoms with Crippen LogP contribution in [0, 0.1) is 0 Å². The van der Waals surface area contributed by atoms with Gasteiger partial charge in [0.05, 0.1) is 33.6 Å². The molecule has 2 aromatic heterocycles. The molecule has 0 aliphatic heterocycles. The molecule has 3 aromatic rings. The molecule has 0 fully saturated rings. The number of amides is 1. The number of nitrogens with zero attached hydrogens (tertiary/aromatic N) is 3. The second-order valence-corrected chi connectivity index (χ2v) is 8.56. The standard InChI is InChI=1S/C23H26F3N3O4S/c1-4-5-10-29-18-12-27-9-8-20(18)34-22(29)28-21(30)17-11-16(23(24,25)26)6-7-19(17)32-13-15(2)33-14-31-3/h6-9,11-12,15H,4-5,10,13-14H2,1-3H3/b28-22-/t15-/m1/s1. The van der Waals surface area contributed by atoms with Gasteiger partial charge in [-0.3, -0.25) is 9.78 Å². The number of alkyl halides is 3. The van der Waals surface area contributed by atoms with Gasteiger partial charge in [-0.1, -0.05) is 24.7 Å². The molecule has 2 heterocycles. The van der Waals surface area contributed by atoms with Gasteiger partial charge in [0.1, 0.15) is 19.1 Å². The summed E-state index contributed by atoms with van der Waals surface area (Å²) in [7, 11) is 1.47. The third-order valence-corrected chi connectivity index (χ3v) is 5.96. The molecule has 11 heteroatoms. The van der Waals surface area contributed by atoms with Crippen LogP contribution in [0.1, 0.15) is 42.6 Å². The predicted molar refractivity (Wildman–Crippen MR) is 122 cm³/mol. The largest absolute Gasteiger partial charge is 0.490 e. The third kappa shape index (κ3) is 6.43. The fourth-order valence-corrected chi connectivity index (χ4v) is 4.14. The molecule has 1 amide bonds. The zero-order valence-corrected chi connectivity index (χ0v) is 19.9. The molecule has 0 spiro atoms. The molecule has 0 N–H and O–H groups in total. The summed E-state index contributed by atoms with van der Waals surface area (Å²) < 4.78 is 58.6. The van der Waals surface area contributed by atoms with E-state index < -0.39 is 23.8 Å². The average Bonchev–Trinajstić information content (AvgIpc) is 3.15. The molecule has 0 saturated heterocycles. The van der Waals surface area contributed by atoms with Crippen molar-refractivity contribution in [2.24, 2.45) is 4.99 Å². The maximum atomic E-state index is 13.4. The van der Waals surface area contributed by atoms with Gasteiger partial charge in [-0.25, -0.2) is 0 Å². The first-order valence-electron chi connectivity index (χ1n) is 10.7. The van der Waals surface area contributed by atoms with Crippen molar-refractivity contribution in [2.75, 3.05) is 20.5 Å². The second kappa shape index (κ2) is 11.6. The van der Waals surface area contributed by atoms with Crippen LogP contribution in [0.5, 0.6) is 5.75 Å². The molecule has 3 rings (SSSR count). The van der Waals surface area contributed by atoms with Gasteiger partial charge in [0.15, 0.2) is 4.80 Å². The Balaban J connectivity index is 2.01. The van der Waals surface area contributed by atoms with Gasteiger partial charge in [-0.15, -0.1) is 0 Å². The van der Waals surface area contributed by atoms with Gasteiger partial charge in [0, 0.05) is 19.9 Å². The molecule has 1 aromatic carbocycles. The van der Waals surface area contributed by atoms with E-state index in [1.807, 2.05) is 17.6 Å². The Labute approximate surface area is 198 Å². The second-order valence-electron chi connectivity index (χ2n) is 7.55. The van der Waals surface area contributed by atoms with Crippen molar-refractivity contribution >= 4 is 27.5 Å². The van der Waals surface area contributed by atoms with Crippen LogP contribution in [0.4, 0.5) is 13.2 Å². The van der Waals surface area contributed by atoms with E-state index in [1.165, 1.54) is 18.4 Å². The van der Waals surface area contributed by atoms with Crippen molar-refractivity contribution in [2.45, 2.75) is 45.5 Å². The minimum atomic E-state index is -4.62. The molecule has 184 valence electrons. The van der Waals surface area contributed by atoms with Gasteiger partial charge in [0.25, 0.3) is 5.91 Å². The number of carbonyl (C=O) groups is 1. The van der Waals surface area contributed by atoms with E-state index in [1.54, 1.807) is 19.3 Å². The zero-order valence-electron chi connectivity index (χ0n) is 19.1. The number of aryl methyl sites for hydroxylation is 1. The normalized spacial score (nSPS) is 13.4. The predicted octanol–water partition coefficient (Wildman–Crippen LogP) is 5.05. The van der Waals surface area contributed by atoms with Crippen molar-refractivity contribution in [1.29, 1.82) is 0 Å². The Bertz CT molecular complexity index is 1190. The van der Waals surface area contributed by atoms with E-state index in [0.717, 1.165) is 41.3 Å². The van der Waals surface area contributed by atoms with Crippen molar-refractivity contribution < 1.29 is 32.2 Å². The monoisotopic (exact) mass is 497 g/mol. The van der Waals surface area contributed by atoms with Crippen LogP contribution in [0.25, 0.3) is 10.2 Å². The van der Waals surface area contributed by atoms with Gasteiger partial charge >= 0.3 is 6.18 Å². The lowest BCUT2D eigenvalue weighted by atomic mass is 10.1. The number of fused-ring (bicyclic) bond motifs is 1. The number of aromatic nitrogens is 2. The Morgan fingerprint density at radius 3 is 2.79 bits per heavy atom. The van der Waals surface area contributed by atoms with E-state index in [0.29, 0.717) is 11.3 Å². The summed E-state index contributed by atoms with van der Waals surface area (Å²) in [5, 5.41) is 0. The summed E-state index contributed by atoms with van der Waals surface area (Å²) >= 11 is 1.28. The van der Waals surface area contributed by atoms with Crippen molar-refractivity contribution in [3.63, 3.8) is 0 Å². The van der Waals surface area contributed by atoms with Crippen molar-refractivity contribution in [3.8, 4) is 5.75 Å². The smallest absolute Gasteiger partial charge is 0.416 e. The zero-order chi connectivity index (χ0) is 24.7. The molecular formula is C23H26F3N3O4S. The van der Waals surface area contributed by atoms with E-state index in [2.05, 4.69) is 9.98 Å². The highest BCUT2D eigenvalue weighted by Gasteiger charge is 2.32. The first-order chi connectivity index (χ1) is 16.2. The summed E-state index contributed by atoms with van der Waals surface area (Å²) in [6.45, 7) is 4.42. The molecule has 34 heavy (non-hydrogen) atoms. The lowest BCUT2D eigenvalue weighted by Gasteiger charge is -2.16. The minimum Gasteiger partial charge on any atom is -0.490 e. The van der Waals surface area contributed by atoms with Gasteiger partial charge in [-0.05, 0) is 37.6 Å². The van der Waals surface area contributed by atoms with Crippen LogP contribution in [0.15, 0.2) is 41.7 Å². The summed E-state index contributed by atoms with van der Waals surface area (Å²) in [5.41, 5.74) is -0.412. The number of thiazole rings is 1. The Morgan fingerprint density at radius 2 is 2.09 bits per heavy atom. The van der Waals surface area contributed by atoms with Crippen LogP contribution >= 0.6 is 11.3 Å². The van der Waals surface area contributed by atoms with Crippen molar-refractivity contribution in [1.82, 2.24) is 9.55 Å². The molecule has 0 aliphatic carbocycles. The number of hydrogen-bond acceptors (Lipinski definition) is 6. The highest BCUT2D eigenvalue weighted by atomic mass is 32.1. The van der Waals surface area contributed by atoms with Crippen LogP contribution < -0.4 is 9.54 Å². The lowest BCUT2D eigenvalue weighted by molar-refractivity contribution is -0.137. The Hall–Kier alpha value is -2.76. The third-order valence-electron chi connectivity index (χ3n) is 4.90. The summed E-state index contributed by atoms with van der Waals surface area (Å²) in [4.78, 5) is 21.9. The number of methoxy groups -OCH3 is 1.